The van der Waals surface area contributed by atoms with Gasteiger partial charge in [0.15, 0.2) is 11.6 Å². The summed E-state index contributed by atoms with van der Waals surface area (Å²) in [6, 6.07) is 17.7. The van der Waals surface area contributed by atoms with Gasteiger partial charge in [-0.15, -0.1) is 0 Å². The molecule has 40 heavy (non-hydrogen) atoms. The van der Waals surface area contributed by atoms with Crippen molar-refractivity contribution in [2.24, 2.45) is 10.7 Å². The lowest BCUT2D eigenvalue weighted by Gasteiger charge is -2.25. The van der Waals surface area contributed by atoms with Crippen LogP contribution in [0.3, 0.4) is 0 Å². The number of rotatable bonds is 7. The number of H-pyrrole nitrogens is 1. The summed E-state index contributed by atoms with van der Waals surface area (Å²) in [5, 5.41) is 11.7. The normalized spacial score (nSPS) is 13.2. The van der Waals surface area contributed by atoms with Crippen molar-refractivity contribution < 1.29 is 29.2 Å². The Kier molecular flexibility index (Phi) is 7.05. The van der Waals surface area contributed by atoms with Crippen molar-refractivity contribution in [1.29, 1.82) is 0 Å². The van der Waals surface area contributed by atoms with Crippen LogP contribution in [0.4, 0.5) is 11.4 Å². The lowest BCUT2D eigenvalue weighted by molar-refractivity contribution is -0.194. The number of anilines is 1. The lowest BCUT2D eigenvalue weighted by Crippen LogP contribution is -2.49. The molecular weight excluding hydrogens is 512 g/mol. The van der Waals surface area contributed by atoms with E-state index in [0.717, 1.165) is 5.56 Å². The van der Waals surface area contributed by atoms with Crippen molar-refractivity contribution in [3.63, 3.8) is 0 Å². The molecule has 10 nitrogen and oxygen atoms in total. The Morgan fingerprint density at radius 3 is 2.52 bits per heavy atom. The van der Waals surface area contributed by atoms with Crippen LogP contribution in [0.1, 0.15) is 47.8 Å². The fourth-order valence-corrected chi connectivity index (χ4v) is 4.51. The molecule has 0 aliphatic carbocycles. The Morgan fingerprint density at radius 1 is 1.10 bits per heavy atom. The molecule has 0 unspecified atom stereocenters. The molecule has 5 rings (SSSR count). The van der Waals surface area contributed by atoms with Crippen LogP contribution in [0.2, 0.25) is 0 Å². The first kappa shape index (κ1) is 26.9. The van der Waals surface area contributed by atoms with Gasteiger partial charge in [-0.2, -0.15) is 4.89 Å². The van der Waals surface area contributed by atoms with Crippen LogP contribution in [0.5, 0.6) is 11.6 Å². The van der Waals surface area contributed by atoms with Crippen molar-refractivity contribution in [2.45, 2.75) is 32.9 Å². The summed E-state index contributed by atoms with van der Waals surface area (Å²) in [5.74, 6) is -0.226. The minimum Gasteiger partial charge on any atom is -0.494 e. The highest BCUT2D eigenvalue weighted by Crippen LogP contribution is 2.35. The number of likely N-dealkylation sites (N-methyl/N-ethyl adjacent to an activating group) is 1. The number of aromatic hydroxyl groups is 1. The summed E-state index contributed by atoms with van der Waals surface area (Å²) < 4.78 is 5.12. The zero-order valence-corrected chi connectivity index (χ0v) is 22.6. The average Bonchev–Trinajstić information content (AvgIpc) is 3.53. The van der Waals surface area contributed by atoms with Crippen LogP contribution < -0.4 is 15.5 Å². The molecule has 2 heterocycles. The highest BCUT2D eigenvalue weighted by Gasteiger charge is 2.27. The maximum Gasteiger partial charge on any atom is 0.338 e. The topological polar surface area (TPSA) is 139 Å². The van der Waals surface area contributed by atoms with E-state index in [2.05, 4.69) is 4.98 Å². The van der Waals surface area contributed by atoms with Crippen molar-refractivity contribution in [1.82, 2.24) is 4.98 Å². The number of amides is 1. The first-order chi connectivity index (χ1) is 19.1. The number of carbonyl (C=O) groups excluding carboxylic acids is 2. The van der Waals surface area contributed by atoms with Gasteiger partial charge in [0, 0.05) is 34.8 Å². The molecule has 4 aromatic rings. The van der Waals surface area contributed by atoms with Gasteiger partial charge in [-0.25, -0.2) is 9.79 Å². The number of aromatic amines is 1. The van der Waals surface area contributed by atoms with Gasteiger partial charge >= 0.3 is 5.97 Å². The van der Waals surface area contributed by atoms with Gasteiger partial charge in [0.05, 0.1) is 34.7 Å². The standard InChI is InChI=1S/C30H30N4O6/c1-5-38-28(36)18-8-13-22-23(14-18)33-27(35)25(22)26(17-6-7-19-16-39-40-24(19)15-17)32-20-9-11-21(12-10-20)34(4)29(37)30(2,3)31/h6-15,33,35H,5,16,31H2,1-4H3. The smallest absolute Gasteiger partial charge is 0.338 e. The number of aromatic nitrogens is 1. The Morgan fingerprint density at radius 2 is 1.82 bits per heavy atom. The fraction of sp³-hybridized carbons (Fsp3) is 0.233. The third-order valence-corrected chi connectivity index (χ3v) is 6.56. The first-order valence-electron chi connectivity index (χ1n) is 12.8. The predicted molar refractivity (Wildman–Crippen MR) is 151 cm³/mol. The second kappa shape index (κ2) is 10.5. The molecule has 0 fully saturated rings. The molecule has 0 atom stereocenters. The number of aliphatic imine (C=N–C) groups is 1. The number of ether oxygens (including phenoxy) is 1. The summed E-state index contributed by atoms with van der Waals surface area (Å²) in [4.78, 5) is 44.7. The monoisotopic (exact) mass is 542 g/mol. The number of benzene rings is 3. The third kappa shape index (κ3) is 5.14. The summed E-state index contributed by atoms with van der Waals surface area (Å²) in [7, 11) is 1.67. The minimum absolute atomic E-state index is 0.112. The second-order valence-corrected chi connectivity index (χ2v) is 10.1. The number of nitrogens with one attached hydrogen (secondary N) is 1. The molecule has 0 saturated carbocycles. The van der Waals surface area contributed by atoms with Crippen LogP contribution in [0.25, 0.3) is 10.9 Å². The van der Waals surface area contributed by atoms with E-state index in [-0.39, 0.29) is 18.4 Å². The summed E-state index contributed by atoms with van der Waals surface area (Å²) in [5.41, 5.74) is 9.61. The highest BCUT2D eigenvalue weighted by molar-refractivity contribution is 6.22. The van der Waals surface area contributed by atoms with Gasteiger partial charge in [-0.3, -0.25) is 4.79 Å². The molecule has 1 aliphatic rings. The van der Waals surface area contributed by atoms with E-state index < -0.39 is 11.5 Å². The minimum atomic E-state index is -1.02. The van der Waals surface area contributed by atoms with Gasteiger partial charge in [0.1, 0.15) is 6.61 Å². The van der Waals surface area contributed by atoms with Crippen LogP contribution in [0.15, 0.2) is 65.7 Å². The van der Waals surface area contributed by atoms with E-state index in [9.17, 15) is 14.7 Å². The van der Waals surface area contributed by atoms with Crippen molar-refractivity contribution in [3.05, 3.63) is 82.9 Å². The Balaban J connectivity index is 1.61. The number of hydrogen-bond donors (Lipinski definition) is 3. The van der Waals surface area contributed by atoms with Crippen LogP contribution in [-0.4, -0.2) is 46.9 Å². The summed E-state index contributed by atoms with van der Waals surface area (Å²) in [6.45, 7) is 5.65. The first-order valence-corrected chi connectivity index (χ1v) is 12.8. The van der Waals surface area contributed by atoms with E-state index in [1.807, 2.05) is 12.1 Å². The Labute approximate surface area is 230 Å². The largest absolute Gasteiger partial charge is 0.494 e. The van der Waals surface area contributed by atoms with Crippen molar-refractivity contribution >= 4 is 39.9 Å². The molecule has 206 valence electrons. The molecule has 10 heteroatoms. The van der Waals surface area contributed by atoms with E-state index in [1.165, 1.54) is 4.90 Å². The zero-order chi connectivity index (χ0) is 28.6. The molecule has 4 N–H and O–H groups in total. The van der Waals surface area contributed by atoms with Crippen molar-refractivity contribution in [2.75, 3.05) is 18.6 Å². The third-order valence-electron chi connectivity index (χ3n) is 6.56. The van der Waals surface area contributed by atoms with Crippen LogP contribution >= 0.6 is 0 Å². The summed E-state index contributed by atoms with van der Waals surface area (Å²) in [6.07, 6.45) is 0. The summed E-state index contributed by atoms with van der Waals surface area (Å²) >= 11 is 0. The predicted octanol–water partition coefficient (Wildman–Crippen LogP) is 4.74. The lowest BCUT2D eigenvalue weighted by atomic mass is 9.98. The highest BCUT2D eigenvalue weighted by atomic mass is 17.2. The number of esters is 1. The second-order valence-electron chi connectivity index (χ2n) is 10.1. The number of hydrogen-bond acceptors (Lipinski definition) is 8. The molecule has 0 spiro atoms. The molecule has 1 amide bonds. The fourth-order valence-electron chi connectivity index (χ4n) is 4.51. The van der Waals surface area contributed by atoms with Gasteiger partial charge in [0.2, 0.25) is 5.91 Å². The van der Waals surface area contributed by atoms with Gasteiger partial charge in [-0.05, 0) is 63.2 Å². The number of carbonyl (C=O) groups is 2. The molecular formula is C30H30N4O6. The number of fused-ring (bicyclic) bond motifs is 2. The van der Waals surface area contributed by atoms with E-state index in [0.29, 0.717) is 57.0 Å². The molecule has 0 bridgehead atoms. The van der Waals surface area contributed by atoms with E-state index >= 15 is 0 Å². The van der Waals surface area contributed by atoms with Crippen molar-refractivity contribution in [3.8, 4) is 11.6 Å². The van der Waals surface area contributed by atoms with E-state index in [1.54, 1.807) is 76.3 Å². The molecule has 1 aromatic heterocycles. The molecule has 0 saturated heterocycles. The van der Waals surface area contributed by atoms with Gasteiger partial charge in [-0.1, -0.05) is 18.2 Å². The van der Waals surface area contributed by atoms with Crippen LogP contribution in [-0.2, 0) is 21.0 Å². The molecule has 1 aliphatic heterocycles. The maximum absolute atomic E-state index is 12.6. The SMILES string of the molecule is CCOC(=O)c1ccc2c(C(=Nc3ccc(N(C)C(=O)C(C)(C)N)cc3)c3ccc4c(c3)OOC4)c(O)[nH]c2c1. The Bertz CT molecular complexity index is 1630. The number of nitrogens with zero attached hydrogens (tertiary/aromatic N) is 2. The molecule has 0 radical (unpaired) electrons. The van der Waals surface area contributed by atoms with Gasteiger partial charge in [0.25, 0.3) is 0 Å². The number of nitrogens with two attached hydrogens (primary N) is 1. The van der Waals surface area contributed by atoms with Crippen LogP contribution in [0, 0.1) is 0 Å². The van der Waals surface area contributed by atoms with Gasteiger partial charge < -0.3 is 30.3 Å². The Hall–Kier alpha value is -4.67. The zero-order valence-electron chi connectivity index (χ0n) is 22.6. The maximum atomic E-state index is 12.6. The van der Waals surface area contributed by atoms with E-state index in [4.69, 9.17) is 25.2 Å². The quantitative estimate of drug-likeness (QED) is 0.174. The molecule has 3 aromatic carbocycles. The average molecular weight is 543 g/mol.